The summed E-state index contributed by atoms with van der Waals surface area (Å²) < 4.78 is 6.18. The molecule has 39 heavy (non-hydrogen) atoms. The number of piperidine rings is 1. The Labute approximate surface area is 238 Å². The molecule has 0 spiro atoms. The van der Waals surface area contributed by atoms with E-state index in [1.54, 1.807) is 35.2 Å². The number of fused-ring (bicyclic) bond motifs is 1. The number of likely N-dealkylation sites (tertiary alicyclic amines) is 1. The Morgan fingerprint density at radius 3 is 2.31 bits per heavy atom. The third-order valence-corrected chi connectivity index (χ3v) is 7.83. The highest BCUT2D eigenvalue weighted by molar-refractivity contribution is 6.32. The van der Waals surface area contributed by atoms with Gasteiger partial charge in [-0.1, -0.05) is 41.4 Å². The number of benzene rings is 3. The Morgan fingerprint density at radius 2 is 1.64 bits per heavy atom. The van der Waals surface area contributed by atoms with Crippen molar-refractivity contribution < 1.29 is 14.3 Å². The lowest BCUT2D eigenvalue weighted by Gasteiger charge is -2.32. The van der Waals surface area contributed by atoms with Crippen LogP contribution in [0.4, 0.5) is 5.69 Å². The molecule has 1 fully saturated rings. The zero-order valence-electron chi connectivity index (χ0n) is 21.7. The van der Waals surface area contributed by atoms with E-state index < -0.39 is 0 Å². The van der Waals surface area contributed by atoms with Gasteiger partial charge in [-0.3, -0.25) is 15.0 Å². The van der Waals surface area contributed by atoms with Crippen molar-refractivity contribution in [1.29, 1.82) is 5.41 Å². The van der Waals surface area contributed by atoms with E-state index in [-0.39, 0.29) is 31.0 Å². The number of amides is 2. The van der Waals surface area contributed by atoms with E-state index in [1.165, 1.54) is 4.90 Å². The number of rotatable bonds is 5. The van der Waals surface area contributed by atoms with Crippen molar-refractivity contribution in [3.8, 4) is 5.75 Å². The molecule has 0 aromatic heterocycles. The molecule has 1 N–H and O–H groups in total. The molecule has 7 nitrogen and oxygen atoms in total. The molecule has 3 aromatic carbocycles. The summed E-state index contributed by atoms with van der Waals surface area (Å²) in [6.07, 6.45) is 1.88. The lowest BCUT2D eigenvalue weighted by Crippen LogP contribution is -2.40. The second-order valence-electron chi connectivity index (χ2n) is 9.92. The normalized spacial score (nSPS) is 16.1. The lowest BCUT2D eigenvalue weighted by atomic mass is 10.1. The first kappa shape index (κ1) is 27.0. The van der Waals surface area contributed by atoms with Crippen LogP contribution in [0.2, 0.25) is 10.0 Å². The van der Waals surface area contributed by atoms with Crippen LogP contribution in [-0.4, -0.2) is 53.2 Å². The van der Waals surface area contributed by atoms with Gasteiger partial charge in [-0.15, -0.1) is 0 Å². The maximum atomic E-state index is 13.5. The summed E-state index contributed by atoms with van der Waals surface area (Å²) in [5.74, 6) is 0.943. The van der Waals surface area contributed by atoms with Gasteiger partial charge in [0.05, 0.1) is 24.6 Å². The van der Waals surface area contributed by atoms with Crippen molar-refractivity contribution >= 4 is 46.5 Å². The van der Waals surface area contributed by atoms with Gasteiger partial charge in [-0.2, -0.15) is 0 Å². The molecule has 202 valence electrons. The van der Waals surface area contributed by atoms with E-state index in [9.17, 15) is 9.59 Å². The fraction of sp³-hybridized carbons (Fsp3) is 0.300. The average Bonchev–Trinajstić information content (AvgIpc) is 3.07. The number of halogens is 2. The Morgan fingerprint density at radius 1 is 0.949 bits per heavy atom. The van der Waals surface area contributed by atoms with Crippen LogP contribution >= 0.6 is 23.2 Å². The summed E-state index contributed by atoms with van der Waals surface area (Å²) >= 11 is 12.6. The molecule has 2 heterocycles. The zero-order valence-corrected chi connectivity index (χ0v) is 23.2. The molecule has 0 bridgehead atoms. The Kier molecular flexibility index (Phi) is 8.10. The summed E-state index contributed by atoms with van der Waals surface area (Å²) in [6.45, 7) is 3.97. The van der Waals surface area contributed by atoms with Gasteiger partial charge in [0.15, 0.2) is 0 Å². The molecule has 0 radical (unpaired) electrons. The molecule has 5 rings (SSSR count). The fourth-order valence-electron chi connectivity index (χ4n) is 5.04. The van der Waals surface area contributed by atoms with E-state index >= 15 is 0 Å². The molecule has 1 saturated heterocycles. The number of anilines is 1. The molecule has 2 amide bonds. The monoisotopic (exact) mass is 564 g/mol. The van der Waals surface area contributed by atoms with Crippen LogP contribution < -0.4 is 9.64 Å². The maximum absolute atomic E-state index is 13.5. The van der Waals surface area contributed by atoms with E-state index in [2.05, 4.69) is 4.90 Å². The van der Waals surface area contributed by atoms with Gasteiger partial charge in [0.25, 0.3) is 5.91 Å². The number of hydrogen-bond acceptors (Lipinski definition) is 4. The van der Waals surface area contributed by atoms with Gasteiger partial charge in [0.1, 0.15) is 18.4 Å². The molecular weight excluding hydrogens is 535 g/mol. The van der Waals surface area contributed by atoms with E-state index in [1.807, 2.05) is 43.3 Å². The topological polar surface area (TPSA) is 76.9 Å². The Bertz CT molecular complexity index is 1370. The van der Waals surface area contributed by atoms with Crippen molar-refractivity contribution in [2.24, 2.45) is 0 Å². The highest BCUT2D eigenvalue weighted by Crippen LogP contribution is 2.33. The van der Waals surface area contributed by atoms with E-state index in [0.717, 1.165) is 42.8 Å². The van der Waals surface area contributed by atoms with E-state index in [4.69, 9.17) is 33.3 Å². The first-order chi connectivity index (χ1) is 18.8. The predicted octanol–water partition coefficient (Wildman–Crippen LogP) is 6.02. The smallest absolute Gasteiger partial charge is 0.254 e. The fourth-order valence-corrected chi connectivity index (χ4v) is 5.39. The highest BCUT2D eigenvalue weighted by Gasteiger charge is 2.31. The molecule has 3 aromatic rings. The molecular formula is C30H30Cl2N4O3. The minimum Gasteiger partial charge on any atom is -0.490 e. The number of ether oxygens (including phenoxy) is 1. The number of hydrogen-bond donors (Lipinski definition) is 1. The first-order valence-corrected chi connectivity index (χ1v) is 13.7. The summed E-state index contributed by atoms with van der Waals surface area (Å²) in [5.41, 5.74) is 2.84. The largest absolute Gasteiger partial charge is 0.490 e. The standard InChI is InChI=1S/C30H30Cl2N4O3/c1-20(33)34-15-13-25(14-16-34)39-24-11-5-21(6-12-24)17-36-28-4-2-3-27(32)26(28)18-35(19-29(36)37)30(38)22-7-9-23(31)10-8-22/h2-12,25,33H,13-19H2,1H3. The number of carbonyl (C=O) groups is 2. The number of nitrogens with zero attached hydrogens (tertiary/aromatic N) is 3. The summed E-state index contributed by atoms with van der Waals surface area (Å²) in [6, 6.07) is 19.9. The van der Waals surface area contributed by atoms with Crippen LogP contribution in [-0.2, 0) is 17.9 Å². The van der Waals surface area contributed by atoms with Crippen molar-refractivity contribution in [3.05, 3.63) is 93.5 Å². The molecule has 9 heteroatoms. The zero-order chi connectivity index (χ0) is 27.5. The third kappa shape index (κ3) is 6.21. The SMILES string of the molecule is CC(=N)N1CCC(Oc2ccc(CN3C(=O)CN(C(=O)c4ccc(Cl)cc4)Cc4c(Cl)cccc43)cc2)CC1. The summed E-state index contributed by atoms with van der Waals surface area (Å²) in [7, 11) is 0. The van der Waals surface area contributed by atoms with Gasteiger partial charge in [0.2, 0.25) is 5.91 Å². The molecule has 0 unspecified atom stereocenters. The van der Waals surface area contributed by atoms with Gasteiger partial charge >= 0.3 is 0 Å². The third-order valence-electron chi connectivity index (χ3n) is 7.22. The lowest BCUT2D eigenvalue weighted by molar-refractivity contribution is -0.119. The quantitative estimate of drug-likeness (QED) is 0.303. The Balaban J connectivity index is 1.31. The van der Waals surface area contributed by atoms with Crippen LogP contribution in [0.25, 0.3) is 0 Å². The predicted molar refractivity (Wildman–Crippen MR) is 154 cm³/mol. The van der Waals surface area contributed by atoms with Crippen LogP contribution in [0, 0.1) is 5.41 Å². The van der Waals surface area contributed by atoms with Crippen LogP contribution in [0.1, 0.15) is 41.3 Å². The van der Waals surface area contributed by atoms with Gasteiger partial charge in [-0.25, -0.2) is 0 Å². The van der Waals surface area contributed by atoms with Gasteiger partial charge in [0, 0.05) is 47.1 Å². The van der Waals surface area contributed by atoms with Crippen molar-refractivity contribution in [2.45, 2.75) is 39.0 Å². The molecule has 0 atom stereocenters. The van der Waals surface area contributed by atoms with Crippen molar-refractivity contribution in [3.63, 3.8) is 0 Å². The van der Waals surface area contributed by atoms with Crippen LogP contribution in [0.15, 0.2) is 66.7 Å². The van der Waals surface area contributed by atoms with Gasteiger partial charge in [-0.05, 0) is 61.0 Å². The van der Waals surface area contributed by atoms with Crippen molar-refractivity contribution in [2.75, 3.05) is 24.5 Å². The number of carbonyl (C=O) groups excluding carboxylic acids is 2. The van der Waals surface area contributed by atoms with Crippen LogP contribution in [0.5, 0.6) is 5.75 Å². The van der Waals surface area contributed by atoms with E-state index in [0.29, 0.717) is 33.7 Å². The molecule has 0 aliphatic carbocycles. The molecule has 2 aliphatic rings. The Hall–Kier alpha value is -3.55. The average molecular weight is 566 g/mol. The number of nitrogens with one attached hydrogen (secondary N) is 1. The first-order valence-electron chi connectivity index (χ1n) is 13.0. The maximum Gasteiger partial charge on any atom is 0.254 e. The molecule has 0 saturated carbocycles. The second kappa shape index (κ2) is 11.7. The highest BCUT2D eigenvalue weighted by atomic mass is 35.5. The summed E-state index contributed by atoms with van der Waals surface area (Å²) in [4.78, 5) is 32.1. The second-order valence-corrected chi connectivity index (χ2v) is 10.8. The molecule has 2 aliphatic heterocycles. The number of amidine groups is 1. The minimum absolute atomic E-state index is 0.0679. The van der Waals surface area contributed by atoms with Crippen LogP contribution in [0.3, 0.4) is 0 Å². The van der Waals surface area contributed by atoms with Gasteiger partial charge < -0.3 is 19.4 Å². The minimum atomic E-state index is -0.254. The summed E-state index contributed by atoms with van der Waals surface area (Å²) in [5, 5.41) is 8.84. The van der Waals surface area contributed by atoms with Crippen molar-refractivity contribution in [1.82, 2.24) is 9.80 Å².